The summed E-state index contributed by atoms with van der Waals surface area (Å²) in [6.07, 6.45) is 3.81. The van der Waals surface area contributed by atoms with Crippen molar-refractivity contribution in [2.75, 3.05) is 0 Å². The SMILES string of the molecule is CC(C)NCc1ccccc1Cn1cc(Br)cn1. The zero-order valence-corrected chi connectivity index (χ0v) is 12.3. The minimum absolute atomic E-state index is 0.497. The molecule has 0 atom stereocenters. The van der Waals surface area contributed by atoms with E-state index >= 15 is 0 Å². The Hall–Kier alpha value is -1.13. The van der Waals surface area contributed by atoms with Gasteiger partial charge in [0, 0.05) is 18.8 Å². The lowest BCUT2D eigenvalue weighted by Crippen LogP contribution is -2.22. The van der Waals surface area contributed by atoms with Gasteiger partial charge < -0.3 is 5.32 Å². The molecule has 0 saturated heterocycles. The molecule has 2 aromatic rings. The Labute approximate surface area is 116 Å². The maximum atomic E-state index is 4.30. The minimum atomic E-state index is 0.497. The van der Waals surface area contributed by atoms with Crippen LogP contribution in [-0.2, 0) is 13.1 Å². The highest BCUT2D eigenvalue weighted by atomic mass is 79.9. The summed E-state index contributed by atoms with van der Waals surface area (Å²) in [7, 11) is 0. The van der Waals surface area contributed by atoms with Crippen LogP contribution in [0.25, 0.3) is 0 Å². The first-order chi connectivity index (χ1) is 8.65. The molecule has 2 rings (SSSR count). The summed E-state index contributed by atoms with van der Waals surface area (Å²) in [4.78, 5) is 0. The predicted molar refractivity (Wildman–Crippen MR) is 77.4 cm³/mol. The molecule has 18 heavy (non-hydrogen) atoms. The second kappa shape index (κ2) is 6.16. The average Bonchev–Trinajstić information content (AvgIpc) is 2.73. The quantitative estimate of drug-likeness (QED) is 0.919. The van der Waals surface area contributed by atoms with Gasteiger partial charge in [-0.25, -0.2) is 0 Å². The molecule has 0 bridgehead atoms. The highest BCUT2D eigenvalue weighted by molar-refractivity contribution is 9.10. The van der Waals surface area contributed by atoms with Crippen molar-refractivity contribution in [1.82, 2.24) is 15.1 Å². The molecule has 0 fully saturated rings. The van der Waals surface area contributed by atoms with E-state index in [0.717, 1.165) is 17.6 Å². The van der Waals surface area contributed by atoms with Crippen molar-refractivity contribution in [3.05, 3.63) is 52.3 Å². The van der Waals surface area contributed by atoms with Crippen molar-refractivity contribution >= 4 is 15.9 Å². The zero-order chi connectivity index (χ0) is 13.0. The lowest BCUT2D eigenvalue weighted by molar-refractivity contribution is 0.582. The Morgan fingerprint density at radius 3 is 2.61 bits per heavy atom. The summed E-state index contributed by atoms with van der Waals surface area (Å²) in [5, 5.41) is 7.75. The molecule has 0 spiro atoms. The molecule has 1 heterocycles. The van der Waals surface area contributed by atoms with Crippen molar-refractivity contribution in [2.24, 2.45) is 0 Å². The molecular formula is C14H18BrN3. The van der Waals surface area contributed by atoms with Gasteiger partial charge in [-0.15, -0.1) is 0 Å². The third kappa shape index (κ3) is 3.68. The van der Waals surface area contributed by atoms with Crippen LogP contribution in [-0.4, -0.2) is 15.8 Å². The number of benzene rings is 1. The Bertz CT molecular complexity index is 505. The second-order valence-electron chi connectivity index (χ2n) is 4.66. The summed E-state index contributed by atoms with van der Waals surface area (Å²) >= 11 is 3.42. The minimum Gasteiger partial charge on any atom is -0.310 e. The van der Waals surface area contributed by atoms with E-state index in [2.05, 4.69) is 64.5 Å². The number of hydrogen-bond acceptors (Lipinski definition) is 2. The van der Waals surface area contributed by atoms with Crippen LogP contribution >= 0.6 is 15.9 Å². The van der Waals surface area contributed by atoms with E-state index in [1.165, 1.54) is 11.1 Å². The van der Waals surface area contributed by atoms with Crippen molar-refractivity contribution in [3.8, 4) is 0 Å². The van der Waals surface area contributed by atoms with Crippen molar-refractivity contribution in [2.45, 2.75) is 33.0 Å². The van der Waals surface area contributed by atoms with E-state index in [4.69, 9.17) is 0 Å². The molecule has 0 saturated carbocycles. The number of halogens is 1. The Balaban J connectivity index is 2.11. The van der Waals surface area contributed by atoms with Gasteiger partial charge in [0.1, 0.15) is 0 Å². The number of aromatic nitrogens is 2. The molecule has 3 nitrogen and oxygen atoms in total. The molecule has 1 N–H and O–H groups in total. The zero-order valence-electron chi connectivity index (χ0n) is 10.7. The topological polar surface area (TPSA) is 29.9 Å². The van der Waals surface area contributed by atoms with Crippen LogP contribution < -0.4 is 5.32 Å². The first-order valence-electron chi connectivity index (χ1n) is 6.13. The molecule has 0 amide bonds. The standard InChI is InChI=1S/C14H18BrN3/c1-11(2)16-7-12-5-3-4-6-13(12)9-18-10-14(15)8-17-18/h3-6,8,10-11,16H,7,9H2,1-2H3. The van der Waals surface area contributed by atoms with Gasteiger partial charge in [0.25, 0.3) is 0 Å². The molecule has 0 aliphatic carbocycles. The first kappa shape index (κ1) is 13.3. The van der Waals surface area contributed by atoms with Gasteiger partial charge >= 0.3 is 0 Å². The Morgan fingerprint density at radius 1 is 1.28 bits per heavy atom. The predicted octanol–water partition coefficient (Wildman–Crippen LogP) is 3.19. The van der Waals surface area contributed by atoms with Crippen LogP contribution in [0.1, 0.15) is 25.0 Å². The van der Waals surface area contributed by atoms with E-state index in [9.17, 15) is 0 Å². The third-order valence-corrected chi connectivity index (χ3v) is 3.16. The second-order valence-corrected chi connectivity index (χ2v) is 5.58. The molecule has 1 aromatic carbocycles. The fraction of sp³-hybridized carbons (Fsp3) is 0.357. The molecular weight excluding hydrogens is 290 g/mol. The summed E-state index contributed by atoms with van der Waals surface area (Å²) < 4.78 is 2.96. The lowest BCUT2D eigenvalue weighted by Gasteiger charge is -2.12. The first-order valence-corrected chi connectivity index (χ1v) is 6.92. The Kier molecular flexibility index (Phi) is 4.55. The van der Waals surface area contributed by atoms with Crippen molar-refractivity contribution < 1.29 is 0 Å². The van der Waals surface area contributed by atoms with E-state index in [-0.39, 0.29) is 0 Å². The number of hydrogen-bond donors (Lipinski definition) is 1. The van der Waals surface area contributed by atoms with Gasteiger partial charge in [0.05, 0.1) is 17.2 Å². The molecule has 4 heteroatoms. The third-order valence-electron chi connectivity index (χ3n) is 2.75. The van der Waals surface area contributed by atoms with E-state index in [1.807, 2.05) is 17.1 Å². The molecule has 0 unspecified atom stereocenters. The molecule has 96 valence electrons. The van der Waals surface area contributed by atoms with Crippen LogP contribution in [0.3, 0.4) is 0 Å². The van der Waals surface area contributed by atoms with Gasteiger partial charge in [-0.1, -0.05) is 38.1 Å². The molecule has 1 aromatic heterocycles. The summed E-state index contributed by atoms with van der Waals surface area (Å²) in [6.45, 7) is 6.03. The van der Waals surface area contributed by atoms with Gasteiger partial charge in [-0.2, -0.15) is 5.10 Å². The van der Waals surface area contributed by atoms with Crippen molar-refractivity contribution in [3.63, 3.8) is 0 Å². The molecule has 0 aliphatic rings. The number of nitrogens with zero attached hydrogens (tertiary/aromatic N) is 2. The monoisotopic (exact) mass is 307 g/mol. The molecule has 0 radical (unpaired) electrons. The van der Waals surface area contributed by atoms with Crippen LogP contribution in [0, 0.1) is 0 Å². The van der Waals surface area contributed by atoms with E-state index in [0.29, 0.717) is 6.04 Å². The maximum Gasteiger partial charge on any atom is 0.0662 e. The Morgan fingerprint density at radius 2 is 2.00 bits per heavy atom. The van der Waals surface area contributed by atoms with E-state index < -0.39 is 0 Å². The smallest absolute Gasteiger partial charge is 0.0662 e. The average molecular weight is 308 g/mol. The summed E-state index contributed by atoms with van der Waals surface area (Å²) in [5.74, 6) is 0. The van der Waals surface area contributed by atoms with Gasteiger partial charge in [0.2, 0.25) is 0 Å². The van der Waals surface area contributed by atoms with E-state index in [1.54, 1.807) is 0 Å². The number of nitrogens with one attached hydrogen (secondary N) is 1. The van der Waals surface area contributed by atoms with Gasteiger partial charge in [-0.3, -0.25) is 4.68 Å². The van der Waals surface area contributed by atoms with Crippen LogP contribution in [0.15, 0.2) is 41.1 Å². The largest absolute Gasteiger partial charge is 0.310 e. The van der Waals surface area contributed by atoms with Gasteiger partial charge in [-0.05, 0) is 27.1 Å². The van der Waals surface area contributed by atoms with Gasteiger partial charge in [0.15, 0.2) is 0 Å². The molecule has 0 aliphatic heterocycles. The van der Waals surface area contributed by atoms with Crippen LogP contribution in [0.5, 0.6) is 0 Å². The highest BCUT2D eigenvalue weighted by Gasteiger charge is 2.04. The fourth-order valence-electron chi connectivity index (χ4n) is 1.80. The lowest BCUT2D eigenvalue weighted by atomic mass is 10.1. The highest BCUT2D eigenvalue weighted by Crippen LogP contribution is 2.13. The van der Waals surface area contributed by atoms with Crippen molar-refractivity contribution in [1.29, 1.82) is 0 Å². The van der Waals surface area contributed by atoms with Crippen LogP contribution in [0.4, 0.5) is 0 Å². The number of rotatable bonds is 5. The normalized spacial score (nSPS) is 11.1. The maximum absolute atomic E-state index is 4.30. The summed E-state index contributed by atoms with van der Waals surface area (Å²) in [6, 6.07) is 8.99. The summed E-state index contributed by atoms with van der Waals surface area (Å²) in [5.41, 5.74) is 2.64. The fourth-order valence-corrected chi connectivity index (χ4v) is 2.13. The van der Waals surface area contributed by atoms with Crippen LogP contribution in [0.2, 0.25) is 0 Å².